The van der Waals surface area contributed by atoms with E-state index in [2.05, 4.69) is 0 Å². The van der Waals surface area contributed by atoms with E-state index in [0.717, 1.165) is 5.56 Å². The van der Waals surface area contributed by atoms with Gasteiger partial charge in [0.1, 0.15) is 18.2 Å². The Morgan fingerprint density at radius 1 is 1.06 bits per heavy atom. The van der Waals surface area contributed by atoms with Gasteiger partial charge in [0.2, 0.25) is 0 Å². The number of nitrogen functional groups attached to an aromatic ring is 1. The number of rotatable bonds is 3. The summed E-state index contributed by atoms with van der Waals surface area (Å²) in [4.78, 5) is 0. The van der Waals surface area contributed by atoms with Crippen LogP contribution in [0.15, 0.2) is 48.5 Å². The van der Waals surface area contributed by atoms with Gasteiger partial charge in [0.05, 0.1) is 0 Å². The highest BCUT2D eigenvalue weighted by Gasteiger charge is 1.97. The molecule has 0 unspecified atom stereocenters. The summed E-state index contributed by atoms with van der Waals surface area (Å²) in [6, 6.07) is 13.4. The summed E-state index contributed by atoms with van der Waals surface area (Å²) in [5.74, 6) is 0.375. The van der Waals surface area contributed by atoms with Crippen LogP contribution < -0.4 is 10.5 Å². The van der Waals surface area contributed by atoms with Crippen molar-refractivity contribution in [1.29, 1.82) is 0 Å². The molecule has 0 aliphatic rings. The van der Waals surface area contributed by atoms with Crippen molar-refractivity contribution < 1.29 is 9.13 Å². The SMILES string of the molecule is Nc1cccc(COc2ccc(F)cc2)c1. The third-order valence-electron chi connectivity index (χ3n) is 2.17. The number of nitrogens with two attached hydrogens (primary N) is 1. The third-order valence-corrected chi connectivity index (χ3v) is 2.17. The summed E-state index contributed by atoms with van der Waals surface area (Å²) in [6.45, 7) is 0.427. The molecule has 16 heavy (non-hydrogen) atoms. The van der Waals surface area contributed by atoms with Crippen molar-refractivity contribution in [2.24, 2.45) is 0 Å². The Labute approximate surface area is 93.5 Å². The second-order valence-electron chi connectivity index (χ2n) is 3.49. The van der Waals surface area contributed by atoms with E-state index in [1.54, 1.807) is 12.1 Å². The van der Waals surface area contributed by atoms with Crippen LogP contribution in [-0.4, -0.2) is 0 Å². The molecule has 0 aliphatic heterocycles. The van der Waals surface area contributed by atoms with Crippen molar-refractivity contribution in [2.75, 3.05) is 5.73 Å². The van der Waals surface area contributed by atoms with E-state index in [4.69, 9.17) is 10.5 Å². The number of benzene rings is 2. The molecule has 2 nitrogen and oxygen atoms in total. The molecule has 2 aromatic rings. The van der Waals surface area contributed by atoms with E-state index < -0.39 is 0 Å². The first-order valence-electron chi connectivity index (χ1n) is 4.97. The van der Waals surface area contributed by atoms with Gasteiger partial charge in [-0.15, -0.1) is 0 Å². The largest absolute Gasteiger partial charge is 0.489 e. The highest BCUT2D eigenvalue weighted by Crippen LogP contribution is 2.14. The Hall–Kier alpha value is -2.03. The predicted molar refractivity (Wildman–Crippen MR) is 61.6 cm³/mol. The van der Waals surface area contributed by atoms with Crippen molar-refractivity contribution in [3.8, 4) is 5.75 Å². The van der Waals surface area contributed by atoms with Crippen LogP contribution in [0.5, 0.6) is 5.75 Å². The van der Waals surface area contributed by atoms with E-state index in [0.29, 0.717) is 18.0 Å². The van der Waals surface area contributed by atoms with Crippen LogP contribution in [0.25, 0.3) is 0 Å². The second-order valence-corrected chi connectivity index (χ2v) is 3.49. The van der Waals surface area contributed by atoms with Crippen molar-refractivity contribution in [3.63, 3.8) is 0 Å². The lowest BCUT2D eigenvalue weighted by molar-refractivity contribution is 0.306. The maximum atomic E-state index is 12.6. The van der Waals surface area contributed by atoms with Crippen molar-refractivity contribution in [1.82, 2.24) is 0 Å². The summed E-state index contributed by atoms with van der Waals surface area (Å²) >= 11 is 0. The number of hydrogen-bond donors (Lipinski definition) is 1. The van der Waals surface area contributed by atoms with E-state index in [1.807, 2.05) is 24.3 Å². The zero-order valence-corrected chi connectivity index (χ0v) is 8.69. The molecule has 3 heteroatoms. The van der Waals surface area contributed by atoms with Gasteiger partial charge in [0, 0.05) is 5.69 Å². The lowest BCUT2D eigenvalue weighted by Crippen LogP contribution is -1.96. The summed E-state index contributed by atoms with van der Waals surface area (Å²) in [5, 5.41) is 0. The van der Waals surface area contributed by atoms with Crippen LogP contribution in [0.1, 0.15) is 5.56 Å². The van der Waals surface area contributed by atoms with E-state index in [-0.39, 0.29) is 5.82 Å². The molecule has 2 N–H and O–H groups in total. The van der Waals surface area contributed by atoms with Crippen molar-refractivity contribution in [2.45, 2.75) is 6.61 Å². The molecule has 0 amide bonds. The summed E-state index contributed by atoms with van der Waals surface area (Å²) in [7, 11) is 0. The summed E-state index contributed by atoms with van der Waals surface area (Å²) < 4.78 is 18.1. The Morgan fingerprint density at radius 2 is 1.81 bits per heavy atom. The zero-order valence-electron chi connectivity index (χ0n) is 8.69. The lowest BCUT2D eigenvalue weighted by atomic mass is 10.2. The predicted octanol–water partition coefficient (Wildman–Crippen LogP) is 2.99. The first-order valence-corrected chi connectivity index (χ1v) is 4.97. The average molecular weight is 217 g/mol. The molecule has 0 atom stereocenters. The molecular weight excluding hydrogens is 205 g/mol. The maximum Gasteiger partial charge on any atom is 0.123 e. The minimum Gasteiger partial charge on any atom is -0.489 e. The van der Waals surface area contributed by atoms with Gasteiger partial charge in [-0.3, -0.25) is 0 Å². The van der Waals surface area contributed by atoms with Crippen LogP contribution in [0.2, 0.25) is 0 Å². The molecule has 0 fully saturated rings. The third kappa shape index (κ3) is 2.73. The molecule has 2 rings (SSSR count). The average Bonchev–Trinajstić information content (AvgIpc) is 2.28. The van der Waals surface area contributed by atoms with Gasteiger partial charge in [-0.1, -0.05) is 12.1 Å². The van der Waals surface area contributed by atoms with Gasteiger partial charge in [0.25, 0.3) is 0 Å². The van der Waals surface area contributed by atoms with Gasteiger partial charge < -0.3 is 10.5 Å². The fourth-order valence-corrected chi connectivity index (χ4v) is 1.38. The molecule has 0 radical (unpaired) electrons. The quantitative estimate of drug-likeness (QED) is 0.802. The van der Waals surface area contributed by atoms with Gasteiger partial charge in [-0.25, -0.2) is 4.39 Å². The number of halogens is 1. The van der Waals surface area contributed by atoms with E-state index >= 15 is 0 Å². The van der Waals surface area contributed by atoms with Crippen LogP contribution in [0.3, 0.4) is 0 Å². The van der Waals surface area contributed by atoms with Crippen LogP contribution >= 0.6 is 0 Å². The smallest absolute Gasteiger partial charge is 0.123 e. The molecule has 0 spiro atoms. The van der Waals surface area contributed by atoms with Crippen LogP contribution in [0.4, 0.5) is 10.1 Å². The number of anilines is 1. The van der Waals surface area contributed by atoms with Crippen molar-refractivity contribution >= 4 is 5.69 Å². The number of ether oxygens (including phenoxy) is 1. The van der Waals surface area contributed by atoms with Gasteiger partial charge in [-0.05, 0) is 42.0 Å². The second kappa shape index (κ2) is 4.66. The summed E-state index contributed by atoms with van der Waals surface area (Å²) in [6.07, 6.45) is 0. The normalized spacial score (nSPS) is 10.1. The van der Waals surface area contributed by atoms with E-state index in [9.17, 15) is 4.39 Å². The molecule has 0 bridgehead atoms. The van der Waals surface area contributed by atoms with Gasteiger partial charge in [-0.2, -0.15) is 0 Å². The van der Waals surface area contributed by atoms with Crippen LogP contribution in [-0.2, 0) is 6.61 Å². The molecule has 0 saturated heterocycles. The molecule has 82 valence electrons. The molecule has 0 aromatic heterocycles. The fourth-order valence-electron chi connectivity index (χ4n) is 1.38. The van der Waals surface area contributed by atoms with Crippen LogP contribution in [0, 0.1) is 5.82 Å². The lowest BCUT2D eigenvalue weighted by Gasteiger charge is -2.06. The van der Waals surface area contributed by atoms with Crippen molar-refractivity contribution in [3.05, 3.63) is 59.9 Å². The van der Waals surface area contributed by atoms with E-state index in [1.165, 1.54) is 12.1 Å². The standard InChI is InChI=1S/C13H12FNO/c14-11-4-6-13(7-5-11)16-9-10-2-1-3-12(15)8-10/h1-8H,9,15H2. The Kier molecular flexibility index (Phi) is 3.05. The monoisotopic (exact) mass is 217 g/mol. The molecule has 0 saturated carbocycles. The first kappa shape index (κ1) is 10.5. The van der Waals surface area contributed by atoms with Gasteiger partial charge in [0.15, 0.2) is 0 Å². The number of hydrogen-bond acceptors (Lipinski definition) is 2. The highest BCUT2D eigenvalue weighted by atomic mass is 19.1. The first-order chi connectivity index (χ1) is 7.74. The van der Waals surface area contributed by atoms with Gasteiger partial charge >= 0.3 is 0 Å². The minimum absolute atomic E-state index is 0.267. The highest BCUT2D eigenvalue weighted by molar-refractivity contribution is 5.40. The molecule has 0 heterocycles. The minimum atomic E-state index is -0.267. The molecule has 2 aromatic carbocycles. The fraction of sp³-hybridized carbons (Fsp3) is 0.0769. The Morgan fingerprint density at radius 3 is 2.50 bits per heavy atom. The summed E-state index contributed by atoms with van der Waals surface area (Å²) in [5.41, 5.74) is 7.34. The molecular formula is C13H12FNO. The zero-order chi connectivity index (χ0) is 11.4. The molecule has 0 aliphatic carbocycles. The Balaban J connectivity index is 1.99. The topological polar surface area (TPSA) is 35.2 Å². The Bertz CT molecular complexity index is 468. The maximum absolute atomic E-state index is 12.6.